The summed E-state index contributed by atoms with van der Waals surface area (Å²) in [4.78, 5) is 4.26. The van der Waals surface area contributed by atoms with Crippen LogP contribution in [-0.2, 0) is 4.57 Å². The van der Waals surface area contributed by atoms with Crippen LogP contribution in [0.2, 0.25) is 5.02 Å². The fourth-order valence-corrected chi connectivity index (χ4v) is 4.21. The second-order valence-corrected chi connectivity index (χ2v) is 8.04. The Bertz CT molecular complexity index is 817. The van der Waals surface area contributed by atoms with E-state index in [2.05, 4.69) is 4.98 Å². The minimum absolute atomic E-state index is 0.630. The zero-order chi connectivity index (χ0) is 14.2. The van der Waals surface area contributed by atoms with Crippen molar-refractivity contribution in [3.63, 3.8) is 0 Å². The summed E-state index contributed by atoms with van der Waals surface area (Å²) in [6, 6.07) is 16.9. The summed E-state index contributed by atoms with van der Waals surface area (Å²) < 4.78 is 13.1. The molecule has 2 aromatic carbocycles. The van der Waals surface area contributed by atoms with E-state index in [0.717, 1.165) is 21.5 Å². The molecular formula is C16H13ClNOP. The minimum Gasteiger partial charge on any atom is -0.314 e. The maximum atomic E-state index is 13.1. The average Bonchev–Trinajstić information content (AvgIpc) is 2.48. The Morgan fingerprint density at radius 1 is 1.00 bits per heavy atom. The van der Waals surface area contributed by atoms with E-state index in [1.807, 2.05) is 48.5 Å². The Hall–Kier alpha value is -1.63. The van der Waals surface area contributed by atoms with Gasteiger partial charge in [0.2, 0.25) is 0 Å². The molecule has 0 aliphatic carbocycles. The van der Waals surface area contributed by atoms with Crippen molar-refractivity contribution in [2.75, 3.05) is 6.66 Å². The molecule has 0 saturated carbocycles. The molecule has 0 saturated heterocycles. The molecule has 4 heteroatoms. The molecule has 0 fully saturated rings. The lowest BCUT2D eigenvalue weighted by molar-refractivity contribution is 0.590. The molecule has 1 aromatic heterocycles. The predicted molar refractivity (Wildman–Crippen MR) is 86.0 cm³/mol. The van der Waals surface area contributed by atoms with Gasteiger partial charge in [-0.2, -0.15) is 0 Å². The molecular weight excluding hydrogens is 289 g/mol. The van der Waals surface area contributed by atoms with Gasteiger partial charge in [-0.15, -0.1) is 0 Å². The van der Waals surface area contributed by atoms with Crippen LogP contribution in [-0.4, -0.2) is 11.6 Å². The van der Waals surface area contributed by atoms with E-state index >= 15 is 0 Å². The van der Waals surface area contributed by atoms with Crippen LogP contribution < -0.4 is 10.6 Å². The van der Waals surface area contributed by atoms with Crippen molar-refractivity contribution < 1.29 is 4.57 Å². The van der Waals surface area contributed by atoms with Crippen molar-refractivity contribution in [2.24, 2.45) is 0 Å². The number of pyridine rings is 1. The van der Waals surface area contributed by atoms with Gasteiger partial charge in [-0.3, -0.25) is 4.98 Å². The number of aromatic nitrogens is 1. The molecule has 0 bridgehead atoms. The molecule has 0 N–H and O–H groups in total. The molecule has 0 aliphatic heterocycles. The van der Waals surface area contributed by atoms with Gasteiger partial charge in [0.1, 0.15) is 7.14 Å². The smallest absolute Gasteiger partial charge is 0.140 e. The van der Waals surface area contributed by atoms with Crippen LogP contribution in [0.1, 0.15) is 0 Å². The molecule has 0 aliphatic rings. The number of rotatable bonds is 2. The summed E-state index contributed by atoms with van der Waals surface area (Å²) in [5.41, 5.74) is 0.814. The molecule has 3 aromatic rings. The van der Waals surface area contributed by atoms with Crippen LogP contribution in [0.25, 0.3) is 10.9 Å². The lowest BCUT2D eigenvalue weighted by Gasteiger charge is -2.14. The third-order valence-corrected chi connectivity index (χ3v) is 6.29. The van der Waals surface area contributed by atoms with E-state index < -0.39 is 7.14 Å². The van der Waals surface area contributed by atoms with Crippen LogP contribution in [0, 0.1) is 0 Å². The van der Waals surface area contributed by atoms with Crippen molar-refractivity contribution in [2.45, 2.75) is 0 Å². The first-order valence-electron chi connectivity index (χ1n) is 6.27. The van der Waals surface area contributed by atoms with Gasteiger partial charge in [-0.05, 0) is 30.9 Å². The summed E-state index contributed by atoms with van der Waals surface area (Å²) in [6.07, 6.45) is 1.67. The maximum absolute atomic E-state index is 13.1. The number of nitrogens with zero attached hydrogens (tertiary/aromatic N) is 1. The van der Waals surface area contributed by atoms with Crippen LogP contribution in [0.3, 0.4) is 0 Å². The Labute approximate surface area is 122 Å². The first-order chi connectivity index (χ1) is 9.59. The number of hydrogen-bond donors (Lipinski definition) is 0. The Kier molecular flexibility index (Phi) is 3.37. The van der Waals surface area contributed by atoms with Gasteiger partial charge in [-0.25, -0.2) is 0 Å². The van der Waals surface area contributed by atoms with E-state index in [9.17, 15) is 4.57 Å². The molecule has 2 nitrogen and oxygen atoms in total. The summed E-state index contributed by atoms with van der Waals surface area (Å²) >= 11 is 6.20. The largest absolute Gasteiger partial charge is 0.314 e. The molecule has 0 amide bonds. The summed E-state index contributed by atoms with van der Waals surface area (Å²) in [6.45, 7) is 1.79. The van der Waals surface area contributed by atoms with Crippen LogP contribution in [0.5, 0.6) is 0 Å². The molecule has 3 rings (SSSR count). The van der Waals surface area contributed by atoms with Crippen LogP contribution in [0.4, 0.5) is 0 Å². The zero-order valence-electron chi connectivity index (χ0n) is 11.0. The van der Waals surface area contributed by atoms with E-state index in [1.165, 1.54) is 0 Å². The van der Waals surface area contributed by atoms with E-state index in [4.69, 9.17) is 11.6 Å². The summed E-state index contributed by atoms with van der Waals surface area (Å²) in [7, 11) is -2.61. The van der Waals surface area contributed by atoms with Gasteiger partial charge in [0, 0.05) is 22.2 Å². The zero-order valence-corrected chi connectivity index (χ0v) is 12.6. The fourth-order valence-electron chi connectivity index (χ4n) is 2.23. The summed E-state index contributed by atoms with van der Waals surface area (Å²) in [5.74, 6) is 0. The number of halogens is 1. The number of fused-ring (bicyclic) bond motifs is 1. The molecule has 20 heavy (non-hydrogen) atoms. The topological polar surface area (TPSA) is 30.0 Å². The lowest BCUT2D eigenvalue weighted by atomic mass is 10.2. The van der Waals surface area contributed by atoms with Crippen molar-refractivity contribution in [3.8, 4) is 0 Å². The second-order valence-electron chi connectivity index (χ2n) is 4.75. The summed E-state index contributed by atoms with van der Waals surface area (Å²) in [5, 5.41) is 3.11. The normalized spacial score (nSPS) is 14.1. The monoisotopic (exact) mass is 301 g/mol. The van der Waals surface area contributed by atoms with Gasteiger partial charge in [0.05, 0.1) is 10.5 Å². The standard InChI is InChI=1S/C16H13ClNOP/c1-20(19,12-5-3-2-4-6-12)13-7-8-16-14(11-13)15(17)9-10-18-16/h2-11H,1H3. The SMILES string of the molecule is CP(=O)(c1ccccc1)c1ccc2nccc(Cl)c2c1. The van der Waals surface area contributed by atoms with Gasteiger partial charge in [0.15, 0.2) is 0 Å². The Morgan fingerprint density at radius 3 is 2.50 bits per heavy atom. The second kappa shape index (κ2) is 5.05. The van der Waals surface area contributed by atoms with E-state index in [1.54, 1.807) is 18.9 Å². The maximum Gasteiger partial charge on any atom is 0.140 e. The first kappa shape index (κ1) is 13.4. The van der Waals surface area contributed by atoms with Crippen molar-refractivity contribution in [1.29, 1.82) is 0 Å². The van der Waals surface area contributed by atoms with Crippen molar-refractivity contribution in [3.05, 3.63) is 65.8 Å². The van der Waals surface area contributed by atoms with Crippen LogP contribution >= 0.6 is 18.7 Å². The van der Waals surface area contributed by atoms with Gasteiger partial charge < -0.3 is 4.57 Å². The lowest BCUT2D eigenvalue weighted by Crippen LogP contribution is -2.14. The average molecular weight is 302 g/mol. The first-order valence-corrected chi connectivity index (χ1v) is 8.80. The molecule has 0 spiro atoms. The quantitative estimate of drug-likeness (QED) is 0.673. The number of hydrogen-bond acceptors (Lipinski definition) is 2. The molecule has 1 atom stereocenters. The molecule has 0 radical (unpaired) electrons. The van der Waals surface area contributed by atoms with Crippen molar-refractivity contribution >= 4 is 40.3 Å². The highest BCUT2D eigenvalue weighted by atomic mass is 35.5. The molecule has 100 valence electrons. The fraction of sp³-hybridized carbons (Fsp3) is 0.0625. The highest BCUT2D eigenvalue weighted by Gasteiger charge is 2.21. The van der Waals surface area contributed by atoms with Gasteiger partial charge in [-0.1, -0.05) is 41.9 Å². The van der Waals surface area contributed by atoms with Crippen molar-refractivity contribution in [1.82, 2.24) is 4.98 Å². The van der Waals surface area contributed by atoms with E-state index in [-0.39, 0.29) is 0 Å². The van der Waals surface area contributed by atoms with Crippen LogP contribution in [0.15, 0.2) is 60.8 Å². The third-order valence-electron chi connectivity index (χ3n) is 3.41. The molecule has 1 unspecified atom stereocenters. The highest BCUT2D eigenvalue weighted by molar-refractivity contribution is 7.78. The van der Waals surface area contributed by atoms with Gasteiger partial charge >= 0.3 is 0 Å². The van der Waals surface area contributed by atoms with Gasteiger partial charge in [0.25, 0.3) is 0 Å². The van der Waals surface area contributed by atoms with E-state index in [0.29, 0.717) is 5.02 Å². The minimum atomic E-state index is -2.61. The Balaban J connectivity index is 2.20. The predicted octanol–water partition coefficient (Wildman–Crippen LogP) is 3.83. The molecule has 1 heterocycles. The highest BCUT2D eigenvalue weighted by Crippen LogP contribution is 2.39. The Morgan fingerprint density at radius 2 is 1.75 bits per heavy atom. The third kappa shape index (κ3) is 2.26. The number of benzene rings is 2.